The largest absolute Gasteiger partial charge is 0.472 e. The van der Waals surface area contributed by atoms with Crippen LogP contribution < -0.4 is 4.74 Å². The highest BCUT2D eigenvalue weighted by Crippen LogP contribution is 2.31. The van der Waals surface area contributed by atoms with Gasteiger partial charge in [-0.25, -0.2) is 4.98 Å². The molecule has 1 saturated heterocycles. The predicted octanol–water partition coefficient (Wildman–Crippen LogP) is 3.44. The van der Waals surface area contributed by atoms with Gasteiger partial charge in [-0.1, -0.05) is 5.16 Å². The SMILES string of the molecule is O=C(c1cc(-c2cccnc2)on1)N1CCC(Oc2cc(C(F)(F)F)ccn2)C1. The summed E-state index contributed by atoms with van der Waals surface area (Å²) in [5.41, 5.74) is -0.00189. The number of amides is 1. The summed E-state index contributed by atoms with van der Waals surface area (Å²) in [6, 6.07) is 6.78. The van der Waals surface area contributed by atoms with Crippen LogP contribution in [0, 0.1) is 0 Å². The predicted molar refractivity (Wildman–Crippen MR) is 93.9 cm³/mol. The van der Waals surface area contributed by atoms with Crippen molar-refractivity contribution >= 4 is 5.91 Å². The molecule has 150 valence electrons. The average Bonchev–Trinajstić information content (AvgIpc) is 3.38. The third kappa shape index (κ3) is 4.20. The number of aromatic nitrogens is 3. The van der Waals surface area contributed by atoms with Gasteiger partial charge in [0.2, 0.25) is 5.88 Å². The zero-order chi connectivity index (χ0) is 20.4. The van der Waals surface area contributed by atoms with Crippen molar-refractivity contribution in [2.75, 3.05) is 13.1 Å². The van der Waals surface area contributed by atoms with Crippen molar-refractivity contribution in [3.8, 4) is 17.2 Å². The van der Waals surface area contributed by atoms with Gasteiger partial charge in [-0.15, -0.1) is 0 Å². The Morgan fingerprint density at radius 2 is 2.10 bits per heavy atom. The molecule has 1 aliphatic rings. The fraction of sp³-hybridized carbons (Fsp3) is 0.263. The van der Waals surface area contributed by atoms with E-state index in [9.17, 15) is 18.0 Å². The van der Waals surface area contributed by atoms with E-state index in [2.05, 4.69) is 15.1 Å². The first-order chi connectivity index (χ1) is 13.9. The minimum Gasteiger partial charge on any atom is -0.472 e. The molecule has 4 heterocycles. The van der Waals surface area contributed by atoms with Crippen LogP contribution in [0.25, 0.3) is 11.3 Å². The summed E-state index contributed by atoms with van der Waals surface area (Å²) in [7, 11) is 0. The van der Waals surface area contributed by atoms with Gasteiger partial charge < -0.3 is 14.2 Å². The van der Waals surface area contributed by atoms with Crippen molar-refractivity contribution in [1.82, 2.24) is 20.0 Å². The molecule has 0 saturated carbocycles. The monoisotopic (exact) mass is 404 g/mol. The quantitative estimate of drug-likeness (QED) is 0.663. The highest BCUT2D eigenvalue weighted by atomic mass is 19.4. The standard InChI is InChI=1S/C19H15F3N4O3/c20-19(21,22)13-3-6-24-17(8-13)28-14-4-7-26(11-14)18(27)15-9-16(29-25-15)12-2-1-5-23-10-12/h1-3,5-6,8-10,14H,4,7,11H2. The van der Waals surface area contributed by atoms with Gasteiger partial charge in [0.1, 0.15) is 6.10 Å². The summed E-state index contributed by atoms with van der Waals surface area (Å²) < 4.78 is 49.2. The first-order valence-electron chi connectivity index (χ1n) is 8.76. The fourth-order valence-electron chi connectivity index (χ4n) is 3.01. The van der Waals surface area contributed by atoms with Crippen LogP contribution in [0.4, 0.5) is 13.2 Å². The number of carbonyl (C=O) groups excluding carboxylic acids is 1. The first kappa shape index (κ1) is 18.9. The summed E-state index contributed by atoms with van der Waals surface area (Å²) in [6.45, 7) is 0.601. The molecular formula is C19H15F3N4O3. The topological polar surface area (TPSA) is 81.4 Å². The van der Waals surface area contributed by atoms with E-state index in [4.69, 9.17) is 9.26 Å². The van der Waals surface area contributed by atoms with Crippen molar-refractivity contribution in [3.63, 3.8) is 0 Å². The molecule has 1 fully saturated rings. The highest BCUT2D eigenvalue weighted by molar-refractivity contribution is 5.93. The lowest BCUT2D eigenvalue weighted by Crippen LogP contribution is -2.31. The lowest BCUT2D eigenvalue weighted by molar-refractivity contribution is -0.137. The summed E-state index contributed by atoms with van der Waals surface area (Å²) >= 11 is 0. The molecule has 4 rings (SSSR count). The molecular weight excluding hydrogens is 389 g/mol. The number of halogens is 3. The van der Waals surface area contributed by atoms with Crippen LogP contribution in [0.15, 0.2) is 53.4 Å². The summed E-state index contributed by atoms with van der Waals surface area (Å²) in [4.78, 5) is 22.0. The molecule has 1 atom stereocenters. The van der Waals surface area contributed by atoms with Crippen LogP contribution in [0.2, 0.25) is 0 Å². The maximum atomic E-state index is 12.8. The van der Waals surface area contributed by atoms with Gasteiger partial charge in [0.25, 0.3) is 5.91 Å². The second kappa shape index (κ2) is 7.53. The van der Waals surface area contributed by atoms with Gasteiger partial charge in [0.05, 0.1) is 12.1 Å². The number of ether oxygens (including phenoxy) is 1. The number of likely N-dealkylation sites (tertiary alicyclic amines) is 1. The molecule has 29 heavy (non-hydrogen) atoms. The van der Waals surface area contributed by atoms with Crippen LogP contribution >= 0.6 is 0 Å². The van der Waals surface area contributed by atoms with Crippen molar-refractivity contribution in [2.45, 2.75) is 18.7 Å². The number of carbonyl (C=O) groups is 1. The highest BCUT2D eigenvalue weighted by Gasteiger charge is 2.33. The second-order valence-corrected chi connectivity index (χ2v) is 6.48. The Bertz CT molecular complexity index is 1010. The van der Waals surface area contributed by atoms with E-state index in [0.717, 1.165) is 18.3 Å². The molecule has 0 N–H and O–H groups in total. The zero-order valence-electron chi connectivity index (χ0n) is 15.0. The molecule has 3 aromatic rings. The molecule has 0 spiro atoms. The summed E-state index contributed by atoms with van der Waals surface area (Å²) in [5, 5.41) is 3.81. The Morgan fingerprint density at radius 1 is 1.24 bits per heavy atom. The number of pyridine rings is 2. The Kier molecular flexibility index (Phi) is 4.91. The molecule has 0 bridgehead atoms. The van der Waals surface area contributed by atoms with Gasteiger partial charge in [-0.2, -0.15) is 13.2 Å². The van der Waals surface area contributed by atoms with Gasteiger partial charge in [0, 0.05) is 49.3 Å². The molecule has 0 radical (unpaired) electrons. The molecule has 3 aromatic heterocycles. The molecule has 0 aliphatic carbocycles. The molecule has 1 unspecified atom stereocenters. The van der Waals surface area contributed by atoms with Crippen LogP contribution in [0.1, 0.15) is 22.5 Å². The number of rotatable bonds is 4. The first-order valence-corrected chi connectivity index (χ1v) is 8.76. The van der Waals surface area contributed by atoms with E-state index >= 15 is 0 Å². The number of hydrogen-bond acceptors (Lipinski definition) is 6. The van der Waals surface area contributed by atoms with Crippen LogP contribution in [-0.2, 0) is 6.18 Å². The van der Waals surface area contributed by atoms with Crippen molar-refractivity contribution in [2.24, 2.45) is 0 Å². The number of nitrogens with zero attached hydrogens (tertiary/aromatic N) is 4. The van der Waals surface area contributed by atoms with Crippen molar-refractivity contribution in [1.29, 1.82) is 0 Å². The Hall–Kier alpha value is -3.43. The Labute approximate surface area is 163 Å². The molecule has 10 heteroatoms. The maximum Gasteiger partial charge on any atom is 0.416 e. The van der Waals surface area contributed by atoms with E-state index < -0.39 is 17.8 Å². The van der Waals surface area contributed by atoms with E-state index in [0.29, 0.717) is 24.3 Å². The Balaban J connectivity index is 1.40. The normalized spacial score (nSPS) is 16.8. The van der Waals surface area contributed by atoms with Crippen LogP contribution in [-0.4, -0.2) is 45.1 Å². The smallest absolute Gasteiger partial charge is 0.416 e. The summed E-state index contributed by atoms with van der Waals surface area (Å²) in [6.07, 6.45) is -0.203. The van der Waals surface area contributed by atoms with Gasteiger partial charge in [0.15, 0.2) is 11.5 Å². The second-order valence-electron chi connectivity index (χ2n) is 6.48. The zero-order valence-corrected chi connectivity index (χ0v) is 15.0. The Morgan fingerprint density at radius 3 is 2.86 bits per heavy atom. The molecule has 0 aromatic carbocycles. The lowest BCUT2D eigenvalue weighted by Gasteiger charge is -2.16. The van der Waals surface area contributed by atoms with Crippen LogP contribution in [0.5, 0.6) is 5.88 Å². The number of hydrogen-bond donors (Lipinski definition) is 0. The summed E-state index contributed by atoms with van der Waals surface area (Å²) in [5.74, 6) is -0.0481. The van der Waals surface area contributed by atoms with Gasteiger partial charge in [-0.05, 0) is 18.2 Å². The van der Waals surface area contributed by atoms with E-state index in [-0.39, 0.29) is 24.0 Å². The fourth-order valence-corrected chi connectivity index (χ4v) is 3.01. The van der Waals surface area contributed by atoms with E-state index in [1.807, 2.05) is 0 Å². The molecule has 7 nitrogen and oxygen atoms in total. The molecule has 1 amide bonds. The third-order valence-electron chi connectivity index (χ3n) is 4.46. The van der Waals surface area contributed by atoms with Gasteiger partial charge in [-0.3, -0.25) is 9.78 Å². The molecule has 1 aliphatic heterocycles. The van der Waals surface area contributed by atoms with Crippen molar-refractivity contribution < 1.29 is 27.2 Å². The number of alkyl halides is 3. The third-order valence-corrected chi connectivity index (χ3v) is 4.46. The average molecular weight is 404 g/mol. The lowest BCUT2D eigenvalue weighted by atomic mass is 10.2. The van der Waals surface area contributed by atoms with E-state index in [1.54, 1.807) is 24.5 Å². The van der Waals surface area contributed by atoms with Crippen molar-refractivity contribution in [3.05, 3.63) is 60.2 Å². The van der Waals surface area contributed by atoms with Gasteiger partial charge >= 0.3 is 6.18 Å². The van der Waals surface area contributed by atoms with Crippen LogP contribution in [0.3, 0.4) is 0 Å². The maximum absolute atomic E-state index is 12.8. The minimum atomic E-state index is -4.47. The minimum absolute atomic E-state index is 0.126. The van der Waals surface area contributed by atoms with E-state index in [1.165, 1.54) is 11.0 Å².